The van der Waals surface area contributed by atoms with Crippen molar-refractivity contribution in [2.24, 2.45) is 5.92 Å². The molecular formula is C22H26N6O. The summed E-state index contributed by atoms with van der Waals surface area (Å²) in [5, 5.41) is 4.74. The molecule has 0 N–H and O–H groups in total. The molecule has 2 aromatic heterocycles. The van der Waals surface area contributed by atoms with Crippen LogP contribution in [0.1, 0.15) is 67.1 Å². The number of nitrogens with zero attached hydrogens (tertiary/aromatic N) is 6. The number of hydrogen-bond acceptors (Lipinski definition) is 4. The summed E-state index contributed by atoms with van der Waals surface area (Å²) < 4.78 is 3.96. The lowest BCUT2D eigenvalue weighted by molar-refractivity contribution is 0.0578. The highest BCUT2D eigenvalue weighted by molar-refractivity contribution is 5.94. The van der Waals surface area contributed by atoms with E-state index in [2.05, 4.69) is 18.8 Å². The Kier molecular flexibility index (Phi) is 4.45. The van der Waals surface area contributed by atoms with Crippen LogP contribution in [-0.2, 0) is 6.54 Å². The van der Waals surface area contributed by atoms with Gasteiger partial charge in [-0.05, 0) is 49.4 Å². The molecule has 1 aliphatic carbocycles. The van der Waals surface area contributed by atoms with Gasteiger partial charge in [-0.3, -0.25) is 4.79 Å². The maximum Gasteiger partial charge on any atom is 0.254 e. The molecule has 1 fully saturated rings. The van der Waals surface area contributed by atoms with Crippen LogP contribution in [0.5, 0.6) is 0 Å². The van der Waals surface area contributed by atoms with E-state index in [0.717, 1.165) is 23.8 Å². The van der Waals surface area contributed by atoms with E-state index < -0.39 is 0 Å². The number of benzene rings is 1. The van der Waals surface area contributed by atoms with E-state index in [9.17, 15) is 4.79 Å². The predicted molar refractivity (Wildman–Crippen MR) is 109 cm³/mol. The Morgan fingerprint density at radius 2 is 1.97 bits per heavy atom. The second kappa shape index (κ2) is 7.13. The van der Waals surface area contributed by atoms with Crippen LogP contribution in [0.3, 0.4) is 0 Å². The van der Waals surface area contributed by atoms with Crippen molar-refractivity contribution in [3.63, 3.8) is 0 Å². The average molecular weight is 390 g/mol. The Hall–Kier alpha value is -2.96. The van der Waals surface area contributed by atoms with Crippen LogP contribution < -0.4 is 0 Å². The van der Waals surface area contributed by atoms with Crippen LogP contribution in [0.2, 0.25) is 0 Å². The van der Waals surface area contributed by atoms with Crippen LogP contribution in [0, 0.1) is 5.92 Å². The fraction of sp³-hybridized carbons (Fsp3) is 0.455. The number of carbonyl (C=O) groups is 1. The van der Waals surface area contributed by atoms with Crippen molar-refractivity contribution in [1.82, 2.24) is 29.2 Å². The lowest BCUT2D eigenvalue weighted by Crippen LogP contribution is -2.43. The molecule has 3 heterocycles. The summed E-state index contributed by atoms with van der Waals surface area (Å²) in [6.07, 6.45) is 8.65. The third-order valence-corrected chi connectivity index (χ3v) is 5.76. The largest absolute Gasteiger partial charge is 0.327 e. The second-order valence-electron chi connectivity index (χ2n) is 8.49. The van der Waals surface area contributed by atoms with E-state index in [1.807, 2.05) is 44.6 Å². The number of fused-ring (bicyclic) bond motifs is 1. The van der Waals surface area contributed by atoms with E-state index in [-0.39, 0.29) is 11.9 Å². The zero-order chi connectivity index (χ0) is 20.0. The first-order chi connectivity index (χ1) is 14.1. The molecule has 1 atom stereocenters. The van der Waals surface area contributed by atoms with E-state index >= 15 is 0 Å². The first kappa shape index (κ1) is 18.1. The molecule has 0 spiro atoms. The highest BCUT2D eigenvalue weighted by Crippen LogP contribution is 2.40. The van der Waals surface area contributed by atoms with Gasteiger partial charge in [-0.25, -0.2) is 14.6 Å². The molecule has 2 aliphatic rings. The standard InChI is InChI=1S/C22H26N6O/c1-15(2)13-19-21-24-20(16-3-4-16)25-28(21)12-11-27(19)22(29)17-5-7-18(8-6-17)26-10-9-23-14-26/h5-10,14-16,19H,3-4,11-13H2,1-2H3/t19-/m0/s1. The number of carbonyl (C=O) groups excluding carboxylic acids is 1. The molecule has 5 rings (SSSR count). The quantitative estimate of drug-likeness (QED) is 0.668. The second-order valence-corrected chi connectivity index (χ2v) is 8.49. The van der Waals surface area contributed by atoms with E-state index in [1.54, 1.807) is 12.5 Å². The molecule has 1 saturated carbocycles. The maximum absolute atomic E-state index is 13.4. The van der Waals surface area contributed by atoms with E-state index in [0.29, 0.717) is 30.5 Å². The Balaban J connectivity index is 1.42. The first-order valence-corrected chi connectivity index (χ1v) is 10.4. The fourth-order valence-electron chi connectivity index (χ4n) is 4.07. The van der Waals surface area contributed by atoms with Crippen molar-refractivity contribution >= 4 is 5.91 Å². The predicted octanol–water partition coefficient (Wildman–Crippen LogP) is 3.58. The topological polar surface area (TPSA) is 68.8 Å². The minimum atomic E-state index is -0.0235. The number of hydrogen-bond donors (Lipinski definition) is 0. The normalized spacial score (nSPS) is 18.9. The molecule has 7 nitrogen and oxygen atoms in total. The highest BCUT2D eigenvalue weighted by atomic mass is 16.2. The maximum atomic E-state index is 13.4. The molecule has 0 unspecified atom stereocenters. The molecule has 0 saturated heterocycles. The molecular weight excluding hydrogens is 364 g/mol. The third-order valence-electron chi connectivity index (χ3n) is 5.76. The number of amides is 1. The molecule has 1 amide bonds. The smallest absolute Gasteiger partial charge is 0.254 e. The SMILES string of the molecule is CC(C)C[C@H]1c2nc(C3CC3)nn2CCN1C(=O)c1ccc(-n2ccnc2)cc1. The fourth-order valence-corrected chi connectivity index (χ4v) is 4.07. The van der Waals surface area contributed by atoms with Crippen molar-refractivity contribution < 1.29 is 4.79 Å². The molecule has 3 aromatic rings. The zero-order valence-electron chi connectivity index (χ0n) is 16.9. The Morgan fingerprint density at radius 3 is 2.62 bits per heavy atom. The minimum absolute atomic E-state index is 0.0235. The summed E-state index contributed by atoms with van der Waals surface area (Å²) in [5.74, 6) is 2.97. The Morgan fingerprint density at radius 1 is 1.17 bits per heavy atom. The van der Waals surface area contributed by atoms with Crippen molar-refractivity contribution in [2.75, 3.05) is 6.54 Å². The van der Waals surface area contributed by atoms with Crippen LogP contribution in [0.4, 0.5) is 0 Å². The van der Waals surface area contributed by atoms with Crippen molar-refractivity contribution in [3.8, 4) is 5.69 Å². The summed E-state index contributed by atoms with van der Waals surface area (Å²) in [7, 11) is 0. The molecule has 29 heavy (non-hydrogen) atoms. The zero-order valence-corrected chi connectivity index (χ0v) is 16.9. The van der Waals surface area contributed by atoms with Crippen molar-refractivity contribution in [2.45, 2.75) is 51.6 Å². The van der Waals surface area contributed by atoms with Gasteiger partial charge in [0.25, 0.3) is 5.91 Å². The summed E-state index contributed by atoms with van der Waals surface area (Å²) in [6, 6.07) is 7.70. The van der Waals surface area contributed by atoms with Gasteiger partial charge in [0.05, 0.1) is 18.9 Å². The molecule has 1 aliphatic heterocycles. The Bertz CT molecular complexity index is 1000. The van der Waals surface area contributed by atoms with E-state index in [1.165, 1.54) is 12.8 Å². The van der Waals surface area contributed by atoms with Gasteiger partial charge >= 0.3 is 0 Å². The molecule has 150 valence electrons. The monoisotopic (exact) mass is 390 g/mol. The summed E-state index contributed by atoms with van der Waals surface area (Å²) in [5.41, 5.74) is 1.70. The lowest BCUT2D eigenvalue weighted by atomic mass is 9.99. The molecule has 1 aromatic carbocycles. The first-order valence-electron chi connectivity index (χ1n) is 10.4. The van der Waals surface area contributed by atoms with Gasteiger partial charge in [0.2, 0.25) is 0 Å². The number of imidazole rings is 1. The van der Waals surface area contributed by atoms with Crippen molar-refractivity contribution in [3.05, 3.63) is 60.2 Å². The average Bonchev–Trinajstić information content (AvgIpc) is 3.25. The van der Waals surface area contributed by atoms with Gasteiger partial charge in [0.15, 0.2) is 5.82 Å². The van der Waals surface area contributed by atoms with Gasteiger partial charge in [-0.15, -0.1) is 0 Å². The number of rotatable bonds is 5. The van der Waals surface area contributed by atoms with Crippen LogP contribution in [-0.4, -0.2) is 41.7 Å². The van der Waals surface area contributed by atoms with Crippen LogP contribution in [0.15, 0.2) is 43.0 Å². The van der Waals surface area contributed by atoms with Gasteiger partial charge < -0.3 is 9.47 Å². The van der Waals surface area contributed by atoms with Gasteiger partial charge in [0.1, 0.15) is 5.82 Å². The number of aromatic nitrogens is 5. The van der Waals surface area contributed by atoms with Crippen LogP contribution in [0.25, 0.3) is 5.69 Å². The third kappa shape index (κ3) is 3.45. The van der Waals surface area contributed by atoms with Crippen molar-refractivity contribution in [1.29, 1.82) is 0 Å². The summed E-state index contributed by atoms with van der Waals surface area (Å²) >= 11 is 0. The van der Waals surface area contributed by atoms with Gasteiger partial charge in [-0.1, -0.05) is 13.8 Å². The lowest BCUT2D eigenvalue weighted by Gasteiger charge is -2.36. The van der Waals surface area contributed by atoms with Gasteiger partial charge in [-0.2, -0.15) is 5.10 Å². The van der Waals surface area contributed by atoms with Crippen LogP contribution >= 0.6 is 0 Å². The summed E-state index contributed by atoms with van der Waals surface area (Å²) in [6.45, 7) is 5.77. The highest BCUT2D eigenvalue weighted by Gasteiger charge is 2.37. The minimum Gasteiger partial charge on any atom is -0.327 e. The molecule has 7 heteroatoms. The molecule has 0 bridgehead atoms. The Labute approximate surface area is 170 Å². The molecule has 0 radical (unpaired) electrons. The van der Waals surface area contributed by atoms with Gasteiger partial charge in [0, 0.05) is 36.1 Å². The summed E-state index contributed by atoms with van der Waals surface area (Å²) in [4.78, 5) is 24.3. The van der Waals surface area contributed by atoms with E-state index in [4.69, 9.17) is 10.1 Å².